The summed E-state index contributed by atoms with van der Waals surface area (Å²) in [6.45, 7) is 0. The minimum absolute atomic E-state index is 0.283. The van der Waals surface area contributed by atoms with E-state index in [1.807, 2.05) is 24.3 Å². The van der Waals surface area contributed by atoms with Gasteiger partial charge in [-0.05, 0) is 29.3 Å². The smallest absolute Gasteiger partial charge is 0.251 e. The predicted molar refractivity (Wildman–Crippen MR) is 82.8 cm³/mol. The van der Waals surface area contributed by atoms with Gasteiger partial charge in [0.15, 0.2) is 0 Å². The Morgan fingerprint density at radius 2 is 1.90 bits per heavy atom. The van der Waals surface area contributed by atoms with E-state index in [9.17, 15) is 9.90 Å². The molecule has 5 heteroatoms. The second-order valence-corrected chi connectivity index (χ2v) is 5.86. The number of hydrogen-bond donors (Lipinski definition) is 2. The van der Waals surface area contributed by atoms with Crippen LogP contribution < -0.4 is 5.32 Å². The summed E-state index contributed by atoms with van der Waals surface area (Å²) in [7, 11) is 0. The maximum absolute atomic E-state index is 12.3. The van der Waals surface area contributed by atoms with Crippen molar-refractivity contribution in [1.82, 2.24) is 5.32 Å². The number of carbonyl (C=O) groups is 1. The second-order valence-electron chi connectivity index (χ2n) is 5.05. The summed E-state index contributed by atoms with van der Waals surface area (Å²) < 4.78 is 0. The molecule has 0 saturated heterocycles. The van der Waals surface area contributed by atoms with Gasteiger partial charge in [0.25, 0.3) is 5.91 Å². The average Bonchev–Trinajstić information content (AvgIpc) is 2.78. The Hall–Kier alpha value is -1.55. The lowest BCUT2D eigenvalue weighted by molar-refractivity contribution is 0.0858. The van der Waals surface area contributed by atoms with Crippen LogP contribution >= 0.6 is 23.2 Å². The van der Waals surface area contributed by atoms with Crippen LogP contribution in [-0.4, -0.2) is 17.1 Å². The number of rotatable bonds is 2. The van der Waals surface area contributed by atoms with Crippen LogP contribution in [0.3, 0.4) is 0 Å². The first-order chi connectivity index (χ1) is 10.1. The molecule has 3 nitrogen and oxygen atoms in total. The molecule has 0 unspecified atom stereocenters. The SMILES string of the molecule is O=C(N[C@H]1c2ccccc2C[C@H]1O)c1ccc(Cl)c(Cl)c1. The van der Waals surface area contributed by atoms with E-state index in [1.54, 1.807) is 12.1 Å². The number of amides is 1. The van der Waals surface area contributed by atoms with Crippen LogP contribution in [0.15, 0.2) is 42.5 Å². The highest BCUT2D eigenvalue weighted by Gasteiger charge is 2.32. The average molecular weight is 322 g/mol. The minimum atomic E-state index is -0.617. The Balaban J connectivity index is 1.83. The van der Waals surface area contributed by atoms with Crippen molar-refractivity contribution >= 4 is 29.1 Å². The van der Waals surface area contributed by atoms with Gasteiger partial charge in [-0.2, -0.15) is 0 Å². The maximum atomic E-state index is 12.3. The van der Waals surface area contributed by atoms with Gasteiger partial charge in [-0.15, -0.1) is 0 Å². The van der Waals surface area contributed by atoms with Crippen molar-refractivity contribution in [2.45, 2.75) is 18.6 Å². The first kappa shape index (κ1) is 14.4. The number of aliphatic hydroxyl groups is 1. The molecule has 0 radical (unpaired) electrons. The molecule has 2 N–H and O–H groups in total. The Bertz CT molecular complexity index is 702. The van der Waals surface area contributed by atoms with Crippen LogP contribution in [0.2, 0.25) is 10.0 Å². The Kier molecular flexibility index (Phi) is 3.89. The molecule has 0 aromatic heterocycles. The van der Waals surface area contributed by atoms with Crippen LogP contribution in [0.5, 0.6) is 0 Å². The molecule has 2 atom stereocenters. The molecule has 2 aromatic carbocycles. The Morgan fingerprint density at radius 1 is 1.14 bits per heavy atom. The Morgan fingerprint density at radius 3 is 2.67 bits per heavy atom. The molecule has 21 heavy (non-hydrogen) atoms. The van der Waals surface area contributed by atoms with Gasteiger partial charge in [-0.3, -0.25) is 4.79 Å². The van der Waals surface area contributed by atoms with Gasteiger partial charge in [0.1, 0.15) is 0 Å². The van der Waals surface area contributed by atoms with Crippen molar-refractivity contribution in [3.05, 3.63) is 69.2 Å². The molecule has 3 rings (SSSR count). The molecular weight excluding hydrogens is 309 g/mol. The summed E-state index contributed by atoms with van der Waals surface area (Å²) in [5.41, 5.74) is 2.43. The van der Waals surface area contributed by atoms with Gasteiger partial charge in [0.05, 0.1) is 22.2 Å². The molecule has 0 bridgehead atoms. The van der Waals surface area contributed by atoms with Gasteiger partial charge in [-0.25, -0.2) is 0 Å². The topological polar surface area (TPSA) is 49.3 Å². The largest absolute Gasteiger partial charge is 0.390 e. The highest BCUT2D eigenvalue weighted by Crippen LogP contribution is 2.31. The van der Waals surface area contributed by atoms with Crippen molar-refractivity contribution in [3.8, 4) is 0 Å². The fourth-order valence-corrected chi connectivity index (χ4v) is 2.91. The van der Waals surface area contributed by atoms with E-state index in [-0.39, 0.29) is 5.91 Å². The molecule has 0 aliphatic heterocycles. The van der Waals surface area contributed by atoms with E-state index in [2.05, 4.69) is 5.32 Å². The molecule has 2 aromatic rings. The van der Waals surface area contributed by atoms with E-state index in [4.69, 9.17) is 23.2 Å². The first-order valence-electron chi connectivity index (χ1n) is 6.58. The molecular formula is C16H13Cl2NO2. The molecule has 0 saturated carbocycles. The number of fused-ring (bicyclic) bond motifs is 1. The third kappa shape index (κ3) is 2.77. The van der Waals surface area contributed by atoms with Gasteiger partial charge in [-0.1, -0.05) is 47.5 Å². The summed E-state index contributed by atoms with van der Waals surface area (Å²) in [5.74, 6) is -0.283. The van der Waals surface area contributed by atoms with Crippen LogP contribution in [0, 0.1) is 0 Å². The lowest BCUT2D eigenvalue weighted by Gasteiger charge is -2.18. The minimum Gasteiger partial charge on any atom is -0.390 e. The number of benzene rings is 2. The number of halogens is 2. The van der Waals surface area contributed by atoms with Gasteiger partial charge >= 0.3 is 0 Å². The van der Waals surface area contributed by atoms with Gasteiger partial charge < -0.3 is 10.4 Å². The summed E-state index contributed by atoms with van der Waals surface area (Å²) >= 11 is 11.8. The zero-order valence-corrected chi connectivity index (χ0v) is 12.5. The van der Waals surface area contributed by atoms with Gasteiger partial charge in [0.2, 0.25) is 0 Å². The number of aliphatic hydroxyl groups excluding tert-OH is 1. The fourth-order valence-electron chi connectivity index (χ4n) is 2.61. The zero-order valence-electron chi connectivity index (χ0n) is 11.0. The summed E-state index contributed by atoms with van der Waals surface area (Å²) in [6, 6.07) is 12.0. The lowest BCUT2D eigenvalue weighted by Crippen LogP contribution is -2.33. The quantitative estimate of drug-likeness (QED) is 0.890. The van der Waals surface area contributed by atoms with Crippen molar-refractivity contribution in [1.29, 1.82) is 0 Å². The van der Waals surface area contributed by atoms with E-state index in [0.29, 0.717) is 22.0 Å². The van der Waals surface area contributed by atoms with Crippen LogP contribution in [-0.2, 0) is 6.42 Å². The Labute approximate surface area is 132 Å². The van der Waals surface area contributed by atoms with E-state index in [0.717, 1.165) is 11.1 Å². The third-order valence-electron chi connectivity index (χ3n) is 3.67. The lowest BCUT2D eigenvalue weighted by atomic mass is 10.1. The van der Waals surface area contributed by atoms with Crippen molar-refractivity contribution in [3.63, 3.8) is 0 Å². The molecule has 0 spiro atoms. The monoisotopic (exact) mass is 321 g/mol. The van der Waals surface area contributed by atoms with Crippen LogP contribution in [0.4, 0.5) is 0 Å². The van der Waals surface area contributed by atoms with E-state index < -0.39 is 12.1 Å². The zero-order chi connectivity index (χ0) is 15.0. The molecule has 1 aliphatic carbocycles. The number of nitrogens with one attached hydrogen (secondary N) is 1. The molecule has 0 fully saturated rings. The standard InChI is InChI=1S/C16H13Cl2NO2/c17-12-6-5-10(7-13(12)18)16(21)19-15-11-4-2-1-3-9(11)8-14(15)20/h1-7,14-15,20H,8H2,(H,19,21)/t14-,15+/m1/s1. The van der Waals surface area contributed by atoms with E-state index >= 15 is 0 Å². The van der Waals surface area contributed by atoms with Crippen molar-refractivity contribution < 1.29 is 9.90 Å². The van der Waals surface area contributed by atoms with Gasteiger partial charge in [0, 0.05) is 12.0 Å². The van der Waals surface area contributed by atoms with Crippen LogP contribution in [0.1, 0.15) is 27.5 Å². The molecule has 1 amide bonds. The van der Waals surface area contributed by atoms with Crippen LogP contribution in [0.25, 0.3) is 0 Å². The normalized spacial score (nSPS) is 20.1. The predicted octanol–water partition coefficient (Wildman–Crippen LogP) is 3.38. The first-order valence-corrected chi connectivity index (χ1v) is 7.33. The summed E-state index contributed by atoms with van der Waals surface area (Å²) in [5, 5.41) is 13.7. The highest BCUT2D eigenvalue weighted by molar-refractivity contribution is 6.42. The summed E-state index contributed by atoms with van der Waals surface area (Å²) in [6.07, 6.45) is -0.0724. The number of carbonyl (C=O) groups excluding carboxylic acids is 1. The molecule has 0 heterocycles. The van der Waals surface area contributed by atoms with Crippen molar-refractivity contribution in [2.75, 3.05) is 0 Å². The maximum Gasteiger partial charge on any atom is 0.251 e. The van der Waals surface area contributed by atoms with Crippen molar-refractivity contribution in [2.24, 2.45) is 0 Å². The highest BCUT2D eigenvalue weighted by atomic mass is 35.5. The number of hydrogen-bond acceptors (Lipinski definition) is 2. The third-order valence-corrected chi connectivity index (χ3v) is 4.41. The summed E-state index contributed by atoms with van der Waals surface area (Å²) in [4.78, 5) is 12.3. The molecule has 1 aliphatic rings. The second kappa shape index (κ2) is 5.68. The molecule has 108 valence electrons. The van der Waals surface area contributed by atoms with E-state index in [1.165, 1.54) is 6.07 Å². The fraction of sp³-hybridized carbons (Fsp3) is 0.188.